The quantitative estimate of drug-likeness (QED) is 0.651. The number of hydrogen-bond acceptors (Lipinski definition) is 3. The van der Waals surface area contributed by atoms with Gasteiger partial charge in [0.25, 0.3) is 5.92 Å². The van der Waals surface area contributed by atoms with Gasteiger partial charge >= 0.3 is 12.2 Å². The molecule has 4 N–H and O–H groups in total. The van der Waals surface area contributed by atoms with Gasteiger partial charge in [-0.15, -0.1) is 0 Å². The molecule has 1 aliphatic carbocycles. The highest BCUT2D eigenvalue weighted by Gasteiger charge is 2.65. The summed E-state index contributed by atoms with van der Waals surface area (Å²) in [5, 5.41) is 8.16. The number of carbonyl (C=O) groups is 1. The summed E-state index contributed by atoms with van der Waals surface area (Å²) in [6, 6.07) is -2.35. The molecular weight excluding hydrogens is 361 g/mol. The molecule has 2 unspecified atom stereocenters. The number of primary sulfonamides is 1. The molecule has 0 saturated heterocycles. The highest BCUT2D eigenvalue weighted by Crippen LogP contribution is 2.41. The van der Waals surface area contributed by atoms with Crippen LogP contribution < -0.4 is 15.8 Å². The van der Waals surface area contributed by atoms with Gasteiger partial charge in [-0.25, -0.2) is 27.1 Å². The molecule has 0 bridgehead atoms. The lowest BCUT2D eigenvalue weighted by molar-refractivity contribution is -0.250. The Morgan fingerprint density at radius 1 is 1.25 bits per heavy atom. The Bertz CT molecular complexity index is 650. The zero-order valence-electron chi connectivity index (χ0n) is 12.6. The number of amides is 2. The van der Waals surface area contributed by atoms with Gasteiger partial charge in [0, 0.05) is 6.92 Å². The van der Waals surface area contributed by atoms with Gasteiger partial charge in [-0.05, 0) is 19.4 Å². The fourth-order valence-electron chi connectivity index (χ4n) is 1.78. The summed E-state index contributed by atoms with van der Waals surface area (Å²) in [4.78, 5) is 11.4. The predicted octanol–water partition coefficient (Wildman–Crippen LogP) is 1.76. The monoisotopic (exact) mass is 377 g/mol. The molecule has 24 heavy (non-hydrogen) atoms. The number of nitrogens with one attached hydrogen (secondary N) is 2. The minimum absolute atomic E-state index is 0.0441. The zero-order valence-corrected chi connectivity index (χ0v) is 13.4. The second kappa shape index (κ2) is 6.31. The Morgan fingerprint density at radius 3 is 2.12 bits per heavy atom. The third-order valence-electron chi connectivity index (χ3n) is 3.52. The number of nitrogens with two attached hydrogens (primary N) is 1. The van der Waals surface area contributed by atoms with Crippen molar-refractivity contribution in [2.24, 2.45) is 5.14 Å². The minimum Gasteiger partial charge on any atom is -0.332 e. The number of rotatable bonds is 4. The number of hydrogen-bond donors (Lipinski definition) is 3. The number of urea groups is 1. The van der Waals surface area contributed by atoms with Gasteiger partial charge in [-0.1, -0.05) is 12.2 Å². The van der Waals surface area contributed by atoms with Gasteiger partial charge in [-0.2, -0.15) is 13.2 Å². The van der Waals surface area contributed by atoms with E-state index in [1.165, 1.54) is 11.4 Å². The lowest BCUT2D eigenvalue weighted by Gasteiger charge is -2.37. The predicted molar refractivity (Wildman–Crippen MR) is 75.5 cm³/mol. The first-order chi connectivity index (χ1) is 10.6. The van der Waals surface area contributed by atoms with Crippen molar-refractivity contribution in [3.8, 4) is 0 Å². The second-order valence-corrected chi connectivity index (χ2v) is 7.02. The molecule has 138 valence electrons. The van der Waals surface area contributed by atoms with E-state index in [-0.39, 0.29) is 25.2 Å². The van der Waals surface area contributed by atoms with Crippen molar-refractivity contribution in [3.63, 3.8) is 0 Å². The van der Waals surface area contributed by atoms with Crippen LogP contribution in [-0.4, -0.2) is 38.1 Å². The fourth-order valence-corrected chi connectivity index (χ4v) is 2.38. The van der Waals surface area contributed by atoms with E-state index in [1.54, 1.807) is 0 Å². The van der Waals surface area contributed by atoms with Gasteiger partial charge in [0.05, 0.1) is 10.9 Å². The molecule has 0 aliphatic heterocycles. The van der Waals surface area contributed by atoms with Crippen molar-refractivity contribution in [3.05, 3.63) is 23.1 Å². The van der Waals surface area contributed by atoms with Crippen LogP contribution in [0.5, 0.6) is 0 Å². The van der Waals surface area contributed by atoms with Crippen LogP contribution in [0.3, 0.4) is 0 Å². The molecule has 0 fully saturated rings. The maximum Gasteiger partial charge on any atom is 0.417 e. The van der Waals surface area contributed by atoms with Crippen LogP contribution in [0.2, 0.25) is 0 Å². The molecule has 0 heterocycles. The summed E-state index contributed by atoms with van der Waals surface area (Å²) in [6.45, 7) is 0.213. The standard InChI is InChI=1S/C12H16F5N3O3S/c1-10(11(2,13)14,12(15,16)17)20-9(21)19-7-3-5-8(6-4-7)24(18,22)23/h3,5-7H,4H2,1-2H3,(H2,18,22,23)(H2,19,20,21). The first-order valence-corrected chi connectivity index (χ1v) is 8.07. The van der Waals surface area contributed by atoms with Crippen LogP contribution in [-0.2, 0) is 10.0 Å². The maximum atomic E-state index is 13.3. The van der Waals surface area contributed by atoms with Crippen molar-refractivity contribution in [1.29, 1.82) is 0 Å². The van der Waals surface area contributed by atoms with Crippen molar-refractivity contribution in [2.75, 3.05) is 0 Å². The van der Waals surface area contributed by atoms with Gasteiger partial charge in [-0.3, -0.25) is 0 Å². The van der Waals surface area contributed by atoms with E-state index in [1.807, 2.05) is 5.32 Å². The summed E-state index contributed by atoms with van der Waals surface area (Å²) in [5.74, 6) is -4.27. The highest BCUT2D eigenvalue weighted by atomic mass is 32.2. The lowest BCUT2D eigenvalue weighted by Crippen LogP contribution is -2.67. The number of halogens is 5. The molecule has 2 atom stereocenters. The van der Waals surface area contributed by atoms with Gasteiger partial charge < -0.3 is 10.6 Å². The Balaban J connectivity index is 2.81. The maximum absolute atomic E-state index is 13.3. The SMILES string of the molecule is CC(F)(F)C(C)(NC(=O)NC1C=CC(S(N)(=O)=O)=CC1)C(F)(F)F. The van der Waals surface area contributed by atoms with E-state index in [9.17, 15) is 35.2 Å². The first-order valence-electron chi connectivity index (χ1n) is 6.52. The Kier molecular flexibility index (Phi) is 5.36. The van der Waals surface area contributed by atoms with E-state index in [4.69, 9.17) is 5.14 Å². The van der Waals surface area contributed by atoms with E-state index in [2.05, 4.69) is 0 Å². The molecule has 0 spiro atoms. The summed E-state index contributed by atoms with van der Waals surface area (Å²) < 4.78 is 87.5. The van der Waals surface area contributed by atoms with Crippen LogP contribution in [0, 0.1) is 0 Å². The van der Waals surface area contributed by atoms with E-state index in [0.29, 0.717) is 0 Å². The van der Waals surface area contributed by atoms with Gasteiger partial charge in [0.1, 0.15) is 0 Å². The third kappa shape index (κ3) is 4.44. The van der Waals surface area contributed by atoms with E-state index < -0.39 is 39.7 Å². The van der Waals surface area contributed by atoms with Crippen LogP contribution in [0.4, 0.5) is 26.7 Å². The molecule has 0 aromatic carbocycles. The van der Waals surface area contributed by atoms with Crippen molar-refractivity contribution in [1.82, 2.24) is 10.6 Å². The summed E-state index contributed by atoms with van der Waals surface area (Å²) in [6.07, 6.45) is -2.10. The van der Waals surface area contributed by atoms with Crippen LogP contribution >= 0.6 is 0 Å². The summed E-state index contributed by atoms with van der Waals surface area (Å²) >= 11 is 0. The lowest BCUT2D eigenvalue weighted by atomic mass is 9.94. The van der Waals surface area contributed by atoms with Gasteiger partial charge in [0.2, 0.25) is 10.0 Å². The summed E-state index contributed by atoms with van der Waals surface area (Å²) in [5.41, 5.74) is -3.77. The Morgan fingerprint density at radius 2 is 1.79 bits per heavy atom. The average molecular weight is 377 g/mol. The largest absolute Gasteiger partial charge is 0.417 e. The van der Waals surface area contributed by atoms with Crippen LogP contribution in [0.1, 0.15) is 20.3 Å². The first kappa shape index (κ1) is 20.4. The Labute approximate surface area is 135 Å². The number of carbonyl (C=O) groups excluding carboxylic acids is 1. The second-order valence-electron chi connectivity index (χ2n) is 5.46. The van der Waals surface area contributed by atoms with Crippen molar-refractivity contribution < 1.29 is 35.2 Å². The van der Waals surface area contributed by atoms with E-state index >= 15 is 0 Å². The fraction of sp³-hybridized carbons (Fsp3) is 0.583. The average Bonchev–Trinajstić information content (AvgIpc) is 2.35. The smallest absolute Gasteiger partial charge is 0.332 e. The number of alkyl halides is 5. The molecule has 0 radical (unpaired) electrons. The Hall–Kier alpha value is -1.69. The molecule has 2 amide bonds. The molecule has 0 saturated carbocycles. The van der Waals surface area contributed by atoms with Gasteiger partial charge in [0.15, 0.2) is 5.54 Å². The summed E-state index contributed by atoms with van der Waals surface area (Å²) in [7, 11) is -3.95. The molecule has 0 aromatic heterocycles. The van der Waals surface area contributed by atoms with E-state index in [0.717, 1.165) is 12.2 Å². The normalized spacial score (nSPS) is 21.7. The van der Waals surface area contributed by atoms with Crippen LogP contribution in [0.15, 0.2) is 23.1 Å². The van der Waals surface area contributed by atoms with Crippen molar-refractivity contribution >= 4 is 16.1 Å². The minimum atomic E-state index is -5.40. The molecule has 12 heteroatoms. The van der Waals surface area contributed by atoms with Crippen LogP contribution in [0.25, 0.3) is 0 Å². The molecule has 1 aliphatic rings. The molecular formula is C12H16F5N3O3S. The topological polar surface area (TPSA) is 101 Å². The molecule has 6 nitrogen and oxygen atoms in total. The number of sulfonamides is 1. The molecule has 0 aromatic rings. The third-order valence-corrected chi connectivity index (χ3v) is 4.48. The number of allylic oxidation sites excluding steroid dienone is 1. The van der Waals surface area contributed by atoms with Crippen molar-refractivity contribution in [2.45, 2.75) is 43.9 Å². The molecule has 1 rings (SSSR count). The highest BCUT2D eigenvalue weighted by molar-refractivity contribution is 7.93. The zero-order chi connectivity index (χ0) is 19.0.